The third kappa shape index (κ3) is 5.27. The van der Waals surface area contributed by atoms with Crippen LogP contribution in [0, 0.1) is 13.8 Å². The molecule has 2 N–H and O–H groups in total. The highest BCUT2D eigenvalue weighted by Gasteiger charge is 2.17. The van der Waals surface area contributed by atoms with Crippen molar-refractivity contribution in [2.24, 2.45) is 0 Å². The Balaban J connectivity index is 1.27. The summed E-state index contributed by atoms with van der Waals surface area (Å²) in [5.74, 6) is 1.99. The number of anilines is 4. The number of nitrogens with one attached hydrogen (secondary N) is 2. The van der Waals surface area contributed by atoms with E-state index in [1.54, 1.807) is 61.7 Å². The summed E-state index contributed by atoms with van der Waals surface area (Å²) >= 11 is 0. The number of oxazole rings is 1. The first-order chi connectivity index (χ1) is 16.9. The minimum atomic E-state index is -3.74. The molecule has 0 radical (unpaired) electrons. The maximum atomic E-state index is 12.8. The van der Waals surface area contributed by atoms with Crippen LogP contribution in [0.1, 0.15) is 24.4 Å². The van der Waals surface area contributed by atoms with Gasteiger partial charge in [-0.05, 0) is 56.2 Å². The summed E-state index contributed by atoms with van der Waals surface area (Å²) in [5, 5.41) is 3.29. The second kappa shape index (κ2) is 9.38. The largest absolute Gasteiger partial charge is 0.449 e. The molecule has 0 bridgehead atoms. The van der Waals surface area contributed by atoms with Crippen LogP contribution >= 0.6 is 0 Å². The van der Waals surface area contributed by atoms with Gasteiger partial charge in [-0.3, -0.25) is 4.72 Å². The van der Waals surface area contributed by atoms with Gasteiger partial charge in [0.05, 0.1) is 4.90 Å². The van der Waals surface area contributed by atoms with Crippen molar-refractivity contribution >= 4 is 33.2 Å². The van der Waals surface area contributed by atoms with E-state index in [1.807, 2.05) is 13.0 Å². The lowest BCUT2D eigenvalue weighted by molar-refractivity contribution is 0.521. The minimum absolute atomic E-state index is 0.162. The van der Waals surface area contributed by atoms with Crippen LogP contribution in [0.4, 0.5) is 23.1 Å². The van der Waals surface area contributed by atoms with Gasteiger partial charge in [-0.1, -0.05) is 12.1 Å². The van der Waals surface area contributed by atoms with Gasteiger partial charge in [-0.15, -0.1) is 0 Å². The summed E-state index contributed by atoms with van der Waals surface area (Å²) in [5.41, 5.74) is 3.59. The molecule has 5 rings (SSSR count). The average Bonchev–Trinajstić information content (AvgIpc) is 3.52. The van der Waals surface area contributed by atoms with E-state index in [-0.39, 0.29) is 4.90 Å². The predicted octanol–water partition coefficient (Wildman–Crippen LogP) is 4.89. The highest BCUT2D eigenvalue weighted by atomic mass is 32.2. The number of nitrogens with zero attached hydrogens (tertiary/aromatic N) is 4. The van der Waals surface area contributed by atoms with Crippen molar-refractivity contribution in [1.29, 1.82) is 0 Å². The third-order valence-corrected chi connectivity index (χ3v) is 7.12. The quantitative estimate of drug-likeness (QED) is 0.376. The maximum absolute atomic E-state index is 12.8. The topological polar surface area (TPSA) is 113 Å². The van der Waals surface area contributed by atoms with Crippen molar-refractivity contribution < 1.29 is 12.8 Å². The zero-order valence-electron chi connectivity index (χ0n) is 19.5. The lowest BCUT2D eigenvalue weighted by atomic mass is 10.2. The predicted molar refractivity (Wildman–Crippen MR) is 135 cm³/mol. The van der Waals surface area contributed by atoms with E-state index in [1.165, 1.54) is 0 Å². The smallest absolute Gasteiger partial charge is 0.261 e. The summed E-state index contributed by atoms with van der Waals surface area (Å²) in [6.07, 6.45) is 3.86. The molecule has 0 spiro atoms. The van der Waals surface area contributed by atoms with Gasteiger partial charge < -0.3 is 14.6 Å². The van der Waals surface area contributed by atoms with E-state index in [0.717, 1.165) is 48.8 Å². The van der Waals surface area contributed by atoms with E-state index in [0.29, 0.717) is 23.1 Å². The Hall–Kier alpha value is -3.92. The molecular weight excluding hydrogens is 464 g/mol. The van der Waals surface area contributed by atoms with Crippen molar-refractivity contribution in [2.45, 2.75) is 31.6 Å². The number of sulfonamides is 1. The first-order valence-corrected chi connectivity index (χ1v) is 12.9. The summed E-state index contributed by atoms with van der Waals surface area (Å²) in [7, 11) is -3.74. The first kappa shape index (κ1) is 22.9. The van der Waals surface area contributed by atoms with Gasteiger partial charge in [-0.25, -0.2) is 18.4 Å². The number of benzene rings is 2. The zero-order valence-corrected chi connectivity index (χ0v) is 20.3. The fourth-order valence-corrected chi connectivity index (χ4v) is 5.02. The fourth-order valence-electron chi connectivity index (χ4n) is 3.96. The van der Waals surface area contributed by atoms with E-state index in [4.69, 9.17) is 4.42 Å². The van der Waals surface area contributed by atoms with Crippen LogP contribution < -0.4 is 14.9 Å². The second-order valence-electron chi connectivity index (χ2n) is 8.47. The monoisotopic (exact) mass is 490 g/mol. The Morgan fingerprint density at radius 2 is 1.57 bits per heavy atom. The number of hydrogen-bond donors (Lipinski definition) is 2. The van der Waals surface area contributed by atoms with Gasteiger partial charge in [0.2, 0.25) is 5.95 Å². The SMILES string of the molecule is Cc1cc(Nc2ccc(NS(=O)(=O)c3ccc(-c4coc(C)n4)cc3)cc2)nc(N2CCCC2)n1. The Labute approximate surface area is 204 Å². The van der Waals surface area contributed by atoms with E-state index in [2.05, 4.69) is 29.9 Å². The molecule has 0 amide bonds. The Kier molecular flexibility index (Phi) is 6.12. The van der Waals surface area contributed by atoms with Crippen molar-refractivity contribution in [2.75, 3.05) is 28.0 Å². The molecule has 1 fully saturated rings. The molecule has 3 heterocycles. The highest BCUT2D eigenvalue weighted by molar-refractivity contribution is 7.92. The molecule has 2 aromatic carbocycles. The molecule has 4 aromatic rings. The zero-order chi connectivity index (χ0) is 24.4. The van der Waals surface area contributed by atoms with Gasteiger partial charge in [0.25, 0.3) is 10.0 Å². The van der Waals surface area contributed by atoms with Crippen LogP contribution in [0.25, 0.3) is 11.3 Å². The van der Waals surface area contributed by atoms with Crippen LogP contribution in [0.15, 0.2) is 70.2 Å². The fraction of sp³-hybridized carbons (Fsp3) is 0.240. The molecule has 1 aliphatic heterocycles. The molecule has 180 valence electrons. The number of rotatable bonds is 7. The Morgan fingerprint density at radius 1 is 0.886 bits per heavy atom. The molecule has 0 unspecified atom stereocenters. The Morgan fingerprint density at radius 3 is 2.23 bits per heavy atom. The van der Waals surface area contributed by atoms with Crippen LogP contribution in [0.2, 0.25) is 0 Å². The highest BCUT2D eigenvalue weighted by Crippen LogP contribution is 2.25. The van der Waals surface area contributed by atoms with Gasteiger partial charge in [0.15, 0.2) is 5.89 Å². The van der Waals surface area contributed by atoms with E-state index < -0.39 is 10.0 Å². The molecule has 1 saturated heterocycles. The van der Waals surface area contributed by atoms with Gasteiger partial charge in [-0.2, -0.15) is 4.98 Å². The first-order valence-electron chi connectivity index (χ1n) is 11.4. The molecule has 9 nitrogen and oxygen atoms in total. The van der Waals surface area contributed by atoms with Crippen LogP contribution in [0.5, 0.6) is 0 Å². The van der Waals surface area contributed by atoms with Crippen LogP contribution in [-0.4, -0.2) is 36.5 Å². The normalized spacial score (nSPS) is 13.7. The summed E-state index contributed by atoms with van der Waals surface area (Å²) in [4.78, 5) is 15.8. The molecule has 1 aliphatic rings. The minimum Gasteiger partial charge on any atom is -0.449 e. The summed E-state index contributed by atoms with van der Waals surface area (Å²) < 4.78 is 33.5. The number of aryl methyl sites for hydroxylation is 2. The maximum Gasteiger partial charge on any atom is 0.261 e. The molecule has 10 heteroatoms. The van der Waals surface area contributed by atoms with Crippen LogP contribution in [0.3, 0.4) is 0 Å². The van der Waals surface area contributed by atoms with Crippen LogP contribution in [-0.2, 0) is 10.0 Å². The number of hydrogen-bond acceptors (Lipinski definition) is 8. The standard InChI is InChI=1S/C25H26N6O3S/c1-17-15-24(29-25(26-17)31-13-3-4-14-31)28-20-7-9-21(10-8-20)30-35(32,33)22-11-5-19(6-12-22)23-16-34-18(2)27-23/h5-12,15-16,30H,3-4,13-14H2,1-2H3,(H,26,28,29). The molecule has 35 heavy (non-hydrogen) atoms. The van der Waals surface area contributed by atoms with Gasteiger partial charge >= 0.3 is 0 Å². The summed E-state index contributed by atoms with van der Waals surface area (Å²) in [6.45, 7) is 5.65. The van der Waals surface area contributed by atoms with E-state index >= 15 is 0 Å². The molecule has 2 aromatic heterocycles. The second-order valence-corrected chi connectivity index (χ2v) is 10.2. The lowest BCUT2D eigenvalue weighted by Gasteiger charge is -2.17. The molecule has 0 saturated carbocycles. The molecule has 0 aliphatic carbocycles. The molecule has 0 atom stereocenters. The van der Waals surface area contributed by atoms with E-state index in [9.17, 15) is 8.42 Å². The third-order valence-electron chi connectivity index (χ3n) is 5.72. The van der Waals surface area contributed by atoms with Crippen molar-refractivity contribution in [3.05, 3.63) is 72.4 Å². The summed E-state index contributed by atoms with van der Waals surface area (Å²) in [6, 6.07) is 15.4. The molecular formula is C25H26N6O3S. The lowest BCUT2D eigenvalue weighted by Crippen LogP contribution is -2.21. The van der Waals surface area contributed by atoms with Crippen molar-refractivity contribution in [1.82, 2.24) is 15.0 Å². The van der Waals surface area contributed by atoms with Crippen molar-refractivity contribution in [3.8, 4) is 11.3 Å². The van der Waals surface area contributed by atoms with Gasteiger partial charge in [0, 0.05) is 48.7 Å². The van der Waals surface area contributed by atoms with Crippen molar-refractivity contribution in [3.63, 3.8) is 0 Å². The Bertz CT molecular complexity index is 1430. The number of aromatic nitrogens is 3. The van der Waals surface area contributed by atoms with Gasteiger partial charge in [0.1, 0.15) is 17.8 Å². The average molecular weight is 491 g/mol.